The molecule has 1 N–H and O–H groups in total. The normalized spacial score (nSPS) is 17.2. The van der Waals surface area contributed by atoms with Gasteiger partial charge in [0.25, 0.3) is 5.91 Å². The molecule has 0 aromatic heterocycles. The van der Waals surface area contributed by atoms with Crippen molar-refractivity contribution in [2.45, 2.75) is 6.54 Å². The molecule has 0 bridgehead atoms. The van der Waals surface area contributed by atoms with Crippen LogP contribution >= 0.6 is 15.9 Å². The number of halogens is 2. The first-order chi connectivity index (χ1) is 12.5. The first-order valence-electron chi connectivity index (χ1n) is 7.69. The van der Waals surface area contributed by atoms with Crippen molar-refractivity contribution in [1.82, 2.24) is 10.2 Å². The second-order valence-electron chi connectivity index (χ2n) is 5.73. The Morgan fingerprint density at radius 2 is 1.85 bits per heavy atom. The monoisotopic (exact) mass is 418 g/mol. The zero-order valence-corrected chi connectivity index (χ0v) is 14.9. The summed E-state index contributed by atoms with van der Waals surface area (Å²) in [6, 6.07) is 8.58. The minimum atomic E-state index is -0.526. The summed E-state index contributed by atoms with van der Waals surface area (Å²) in [7, 11) is 0. The number of hydrogen-bond donors (Lipinski definition) is 1. The van der Waals surface area contributed by atoms with Crippen LogP contribution < -0.4 is 14.8 Å². The molecule has 0 unspecified atom stereocenters. The number of fused-ring (bicyclic) bond motifs is 1. The van der Waals surface area contributed by atoms with Crippen molar-refractivity contribution in [3.63, 3.8) is 0 Å². The average Bonchev–Trinajstić information content (AvgIpc) is 3.16. The predicted molar refractivity (Wildman–Crippen MR) is 93.7 cm³/mol. The number of rotatable bonds is 3. The number of benzene rings is 2. The van der Waals surface area contributed by atoms with Gasteiger partial charge in [-0.15, -0.1) is 0 Å². The summed E-state index contributed by atoms with van der Waals surface area (Å²) >= 11 is 3.41. The van der Waals surface area contributed by atoms with Crippen molar-refractivity contribution in [3.8, 4) is 11.5 Å². The Bertz CT molecular complexity index is 943. The van der Waals surface area contributed by atoms with Crippen LogP contribution in [0, 0.1) is 5.82 Å². The summed E-state index contributed by atoms with van der Waals surface area (Å²) < 4.78 is 24.3. The van der Waals surface area contributed by atoms with Crippen LogP contribution in [0.4, 0.5) is 9.18 Å². The molecule has 2 aliphatic rings. The van der Waals surface area contributed by atoms with Crippen LogP contribution in [-0.2, 0) is 11.3 Å². The minimum absolute atomic E-state index is 0.0601. The van der Waals surface area contributed by atoms with E-state index in [0.29, 0.717) is 27.1 Å². The highest BCUT2D eigenvalue weighted by Crippen LogP contribution is 2.37. The van der Waals surface area contributed by atoms with E-state index in [4.69, 9.17) is 9.47 Å². The Hall–Kier alpha value is -2.87. The molecule has 2 aliphatic heterocycles. The fraction of sp³-hybridized carbons (Fsp3) is 0.111. The molecule has 26 heavy (non-hydrogen) atoms. The summed E-state index contributed by atoms with van der Waals surface area (Å²) in [6.45, 7) is 0.202. The molecule has 0 saturated carbocycles. The number of carbonyl (C=O) groups excluding carboxylic acids is 2. The van der Waals surface area contributed by atoms with Crippen molar-refractivity contribution in [3.05, 3.63) is 63.5 Å². The van der Waals surface area contributed by atoms with Crippen LogP contribution in [0.1, 0.15) is 11.1 Å². The van der Waals surface area contributed by atoms with Crippen LogP contribution in [0.25, 0.3) is 6.08 Å². The fourth-order valence-electron chi connectivity index (χ4n) is 2.69. The number of ether oxygens (including phenoxy) is 2. The van der Waals surface area contributed by atoms with Crippen molar-refractivity contribution >= 4 is 33.9 Å². The molecular formula is C18H12BrFN2O4. The van der Waals surface area contributed by atoms with E-state index in [1.807, 2.05) is 0 Å². The number of nitrogens with zero attached hydrogens (tertiary/aromatic N) is 1. The Balaban J connectivity index is 1.59. The van der Waals surface area contributed by atoms with Gasteiger partial charge < -0.3 is 14.8 Å². The van der Waals surface area contributed by atoms with E-state index < -0.39 is 11.9 Å². The quantitative estimate of drug-likeness (QED) is 0.612. The third-order valence-corrected chi connectivity index (χ3v) is 4.69. The summed E-state index contributed by atoms with van der Waals surface area (Å²) in [6.07, 6.45) is 1.57. The molecule has 2 aromatic rings. The fourth-order valence-corrected chi connectivity index (χ4v) is 3.12. The molecule has 8 heteroatoms. The van der Waals surface area contributed by atoms with Gasteiger partial charge >= 0.3 is 6.03 Å². The van der Waals surface area contributed by atoms with E-state index in [0.717, 1.165) is 4.90 Å². The molecule has 0 radical (unpaired) electrons. The second kappa shape index (κ2) is 6.45. The van der Waals surface area contributed by atoms with E-state index in [-0.39, 0.29) is 24.9 Å². The highest BCUT2D eigenvalue weighted by Gasteiger charge is 2.33. The average molecular weight is 419 g/mol. The summed E-state index contributed by atoms with van der Waals surface area (Å²) in [5.74, 6) is 0.349. The number of carbonyl (C=O) groups is 2. The maximum Gasteiger partial charge on any atom is 0.329 e. The van der Waals surface area contributed by atoms with Gasteiger partial charge in [0.15, 0.2) is 11.5 Å². The molecule has 0 spiro atoms. The number of amides is 3. The third kappa shape index (κ3) is 3.03. The number of urea groups is 1. The highest BCUT2D eigenvalue weighted by molar-refractivity contribution is 9.10. The van der Waals surface area contributed by atoms with Crippen LogP contribution in [0.3, 0.4) is 0 Å². The Kier molecular flexibility index (Phi) is 4.12. The van der Waals surface area contributed by atoms with Gasteiger partial charge in [-0.25, -0.2) is 9.18 Å². The van der Waals surface area contributed by atoms with E-state index in [2.05, 4.69) is 21.2 Å². The Morgan fingerprint density at radius 3 is 2.58 bits per heavy atom. The smallest absolute Gasteiger partial charge is 0.329 e. The van der Waals surface area contributed by atoms with Crippen LogP contribution in [-0.4, -0.2) is 23.6 Å². The lowest BCUT2D eigenvalue weighted by Crippen LogP contribution is -2.30. The predicted octanol–water partition coefficient (Wildman–Crippen LogP) is 3.41. The van der Waals surface area contributed by atoms with Gasteiger partial charge in [-0.1, -0.05) is 28.1 Å². The molecule has 1 saturated heterocycles. The van der Waals surface area contributed by atoms with E-state index in [9.17, 15) is 14.0 Å². The van der Waals surface area contributed by atoms with Crippen molar-refractivity contribution in [2.24, 2.45) is 0 Å². The van der Waals surface area contributed by atoms with E-state index in [1.54, 1.807) is 18.2 Å². The second-order valence-corrected chi connectivity index (χ2v) is 6.59. The maximum absolute atomic E-state index is 13.0. The lowest BCUT2D eigenvalue weighted by atomic mass is 10.1. The lowest BCUT2D eigenvalue weighted by molar-refractivity contribution is -0.123. The molecule has 6 nitrogen and oxygen atoms in total. The standard InChI is InChI=1S/C18H12BrFN2O4/c19-13-7-16-15(25-9-26-16)6-11(13)5-14-17(23)22(18(24)21-14)8-10-1-3-12(20)4-2-10/h1-7H,8-9H2,(H,21,24)/b14-5+. The molecule has 2 heterocycles. The van der Waals surface area contributed by atoms with Crippen molar-refractivity contribution in [1.29, 1.82) is 0 Å². The molecule has 132 valence electrons. The number of imide groups is 1. The van der Waals surface area contributed by atoms with Gasteiger partial charge in [-0.2, -0.15) is 0 Å². The topological polar surface area (TPSA) is 67.9 Å². The molecule has 1 fully saturated rings. The minimum Gasteiger partial charge on any atom is -0.454 e. The molecule has 2 aromatic carbocycles. The van der Waals surface area contributed by atoms with E-state index in [1.165, 1.54) is 24.3 Å². The number of hydrogen-bond acceptors (Lipinski definition) is 4. The number of nitrogens with one attached hydrogen (secondary N) is 1. The Morgan fingerprint density at radius 1 is 1.15 bits per heavy atom. The van der Waals surface area contributed by atoms with E-state index >= 15 is 0 Å². The van der Waals surface area contributed by atoms with Crippen LogP contribution in [0.5, 0.6) is 11.5 Å². The summed E-state index contributed by atoms with van der Waals surface area (Å²) in [5.41, 5.74) is 1.47. The first-order valence-corrected chi connectivity index (χ1v) is 8.49. The zero-order valence-electron chi connectivity index (χ0n) is 13.3. The molecule has 4 rings (SSSR count). The molecule has 0 aliphatic carbocycles. The largest absolute Gasteiger partial charge is 0.454 e. The van der Waals surface area contributed by atoms with Crippen LogP contribution in [0.15, 0.2) is 46.6 Å². The van der Waals surface area contributed by atoms with Crippen molar-refractivity contribution < 1.29 is 23.5 Å². The van der Waals surface area contributed by atoms with Gasteiger partial charge in [0, 0.05) is 4.47 Å². The van der Waals surface area contributed by atoms with Gasteiger partial charge in [0.05, 0.1) is 6.54 Å². The lowest BCUT2D eigenvalue weighted by Gasteiger charge is -2.11. The van der Waals surface area contributed by atoms with Gasteiger partial charge in [0.1, 0.15) is 11.5 Å². The van der Waals surface area contributed by atoms with Crippen LogP contribution in [0.2, 0.25) is 0 Å². The molecule has 3 amide bonds. The Labute approximate surface area is 156 Å². The van der Waals surface area contributed by atoms with Gasteiger partial charge in [-0.05, 0) is 41.5 Å². The molecular weight excluding hydrogens is 407 g/mol. The zero-order chi connectivity index (χ0) is 18.3. The highest BCUT2D eigenvalue weighted by atomic mass is 79.9. The maximum atomic E-state index is 13.0. The third-order valence-electron chi connectivity index (χ3n) is 4.01. The van der Waals surface area contributed by atoms with Gasteiger partial charge in [0.2, 0.25) is 6.79 Å². The first kappa shape index (κ1) is 16.6. The van der Waals surface area contributed by atoms with Crippen molar-refractivity contribution in [2.75, 3.05) is 6.79 Å². The summed E-state index contributed by atoms with van der Waals surface area (Å²) in [4.78, 5) is 25.8. The SMILES string of the molecule is O=C1N/C(=C/c2cc3c(cc2Br)OCO3)C(=O)N1Cc1ccc(F)cc1. The summed E-state index contributed by atoms with van der Waals surface area (Å²) in [5, 5.41) is 2.56. The molecule has 0 atom stereocenters. The van der Waals surface area contributed by atoms with Gasteiger partial charge in [-0.3, -0.25) is 9.69 Å².